The van der Waals surface area contributed by atoms with Crippen LogP contribution in [0.2, 0.25) is 0 Å². The number of amides is 1. The van der Waals surface area contributed by atoms with Crippen LogP contribution in [-0.2, 0) is 35.9 Å². The van der Waals surface area contributed by atoms with E-state index in [9.17, 15) is 30.7 Å². The van der Waals surface area contributed by atoms with Crippen molar-refractivity contribution in [3.05, 3.63) is 83.6 Å². The van der Waals surface area contributed by atoms with Gasteiger partial charge in [0.05, 0.1) is 15.2 Å². The maximum atomic E-state index is 12.1. The molecule has 0 bridgehead atoms. The van der Waals surface area contributed by atoms with E-state index < -0.39 is 31.1 Å². The molecule has 2 aromatic rings. The zero-order valence-electron chi connectivity index (χ0n) is 28.2. The van der Waals surface area contributed by atoms with E-state index >= 15 is 0 Å². The van der Waals surface area contributed by atoms with Crippen molar-refractivity contribution in [2.45, 2.75) is 80.4 Å². The third kappa shape index (κ3) is 7.98. The maximum Gasteiger partial charge on any atom is 0.294 e. The quantitative estimate of drug-likeness (QED) is 0.0917. The van der Waals surface area contributed by atoms with Gasteiger partial charge in [-0.25, -0.2) is 0 Å². The number of carbonyl (C=O) groups excluding carboxylic acids is 1. The van der Waals surface area contributed by atoms with Gasteiger partial charge in [0, 0.05) is 54.0 Å². The molecule has 0 saturated carbocycles. The third-order valence-corrected chi connectivity index (χ3v) is 10.9. The first-order chi connectivity index (χ1) is 22.4. The number of carbonyl (C=O) groups is 1. The standard InChI is InChI=1S/C35H46N4O7S2/c1-34(2)27-23-25(47(41,42)43)16-18-29(27)38(5)31(34)13-8-6-9-14-32-35(3,4)28-24-26(48(44,45)46)17-19-30(28)39(32)22-11-7-10-15-33(40)37-21-12-20-36/h6,8-9,13-14,16-19,23-24H,7,10-12,15,20-22,36H2,1-5H3,(H2-,37,40,41,42,43,44,45,46)/p+1. The number of hydrogen-bond donors (Lipinski definition) is 4. The van der Waals surface area contributed by atoms with Gasteiger partial charge < -0.3 is 16.0 Å². The molecule has 11 nitrogen and oxygen atoms in total. The Morgan fingerprint density at radius 3 is 2.17 bits per heavy atom. The van der Waals surface area contributed by atoms with Gasteiger partial charge in [-0.3, -0.25) is 13.9 Å². The number of unbranched alkanes of at least 4 members (excludes halogenated alkanes) is 2. The van der Waals surface area contributed by atoms with Gasteiger partial charge in [-0.1, -0.05) is 38.5 Å². The molecule has 0 saturated heterocycles. The average molecular weight is 700 g/mol. The molecule has 2 heterocycles. The molecule has 0 atom stereocenters. The molecular formula is C35H47N4O7S2+. The summed E-state index contributed by atoms with van der Waals surface area (Å²) in [5.74, 6) is 0.0182. The van der Waals surface area contributed by atoms with Crippen molar-refractivity contribution in [2.75, 3.05) is 31.6 Å². The summed E-state index contributed by atoms with van der Waals surface area (Å²) in [5.41, 5.74) is 9.63. The fourth-order valence-corrected chi connectivity index (χ4v) is 7.55. The molecule has 0 unspecified atom stereocenters. The van der Waals surface area contributed by atoms with Gasteiger partial charge >= 0.3 is 0 Å². The molecule has 2 aromatic carbocycles. The second-order valence-corrected chi connectivity index (χ2v) is 16.1. The lowest BCUT2D eigenvalue weighted by molar-refractivity contribution is -0.401. The van der Waals surface area contributed by atoms with Gasteiger partial charge in [-0.2, -0.15) is 21.4 Å². The van der Waals surface area contributed by atoms with Crippen LogP contribution in [0.5, 0.6) is 0 Å². The number of rotatable bonds is 14. The molecular weight excluding hydrogens is 653 g/mol. The molecule has 0 radical (unpaired) electrons. The Morgan fingerprint density at radius 2 is 1.52 bits per heavy atom. The normalized spacial score (nSPS) is 17.9. The smallest absolute Gasteiger partial charge is 0.294 e. The Labute approximate surface area is 284 Å². The number of allylic oxidation sites excluding steroid dienone is 6. The van der Waals surface area contributed by atoms with Gasteiger partial charge in [-0.05, 0) is 81.6 Å². The van der Waals surface area contributed by atoms with E-state index in [2.05, 4.69) is 10.2 Å². The largest absolute Gasteiger partial charge is 0.356 e. The number of anilines is 1. The van der Waals surface area contributed by atoms with Crippen LogP contribution in [0, 0.1) is 0 Å². The highest BCUT2D eigenvalue weighted by molar-refractivity contribution is 7.86. The van der Waals surface area contributed by atoms with Crippen LogP contribution in [-0.4, -0.2) is 68.8 Å². The lowest BCUT2D eigenvalue weighted by atomic mass is 9.81. The van der Waals surface area contributed by atoms with E-state index in [4.69, 9.17) is 5.73 Å². The highest BCUT2D eigenvalue weighted by Gasteiger charge is 2.44. The fourth-order valence-electron chi connectivity index (χ4n) is 6.54. The maximum absolute atomic E-state index is 12.1. The predicted molar refractivity (Wildman–Crippen MR) is 188 cm³/mol. The van der Waals surface area contributed by atoms with Gasteiger partial charge in [0.1, 0.15) is 7.05 Å². The zero-order chi connectivity index (χ0) is 35.5. The predicted octanol–water partition coefficient (Wildman–Crippen LogP) is 5.01. The number of nitrogens with zero attached hydrogens (tertiary/aromatic N) is 2. The van der Waals surface area contributed by atoms with Crippen LogP contribution < -0.4 is 16.0 Å². The number of benzene rings is 2. The van der Waals surface area contributed by atoms with E-state index in [1.807, 2.05) is 69.7 Å². The van der Waals surface area contributed by atoms with Crippen molar-refractivity contribution in [1.29, 1.82) is 0 Å². The number of fused-ring (bicyclic) bond motifs is 2. The van der Waals surface area contributed by atoms with Crippen molar-refractivity contribution in [3.63, 3.8) is 0 Å². The van der Waals surface area contributed by atoms with E-state index in [0.717, 1.165) is 59.6 Å². The highest BCUT2D eigenvalue weighted by Crippen LogP contribution is 2.48. The molecule has 2 aliphatic heterocycles. The minimum absolute atomic E-state index is 0.0182. The number of nitrogens with two attached hydrogens (primary N) is 1. The van der Waals surface area contributed by atoms with Crippen molar-refractivity contribution in [2.24, 2.45) is 5.73 Å². The molecule has 0 aromatic heterocycles. The summed E-state index contributed by atoms with van der Waals surface area (Å²) in [6.07, 6.45) is 13.3. The van der Waals surface area contributed by atoms with Gasteiger partial charge in [0.15, 0.2) is 5.71 Å². The zero-order valence-corrected chi connectivity index (χ0v) is 29.9. The molecule has 2 aliphatic rings. The first-order valence-corrected chi connectivity index (χ1v) is 18.9. The lowest BCUT2D eigenvalue weighted by Gasteiger charge is -2.27. The topological polar surface area (TPSA) is 170 Å². The molecule has 4 rings (SSSR count). The van der Waals surface area contributed by atoms with Crippen molar-refractivity contribution in [1.82, 2.24) is 5.32 Å². The monoisotopic (exact) mass is 699 g/mol. The first kappa shape index (κ1) is 37.2. The highest BCUT2D eigenvalue weighted by atomic mass is 32.2. The van der Waals surface area contributed by atoms with E-state index in [0.29, 0.717) is 26.1 Å². The van der Waals surface area contributed by atoms with Gasteiger partial charge in [0.2, 0.25) is 11.6 Å². The first-order valence-electron chi connectivity index (χ1n) is 16.1. The Hall–Kier alpha value is -3.62. The van der Waals surface area contributed by atoms with Crippen molar-refractivity contribution >= 4 is 43.2 Å². The summed E-state index contributed by atoms with van der Waals surface area (Å²) in [4.78, 5) is 14.0. The Balaban J connectivity index is 1.54. The summed E-state index contributed by atoms with van der Waals surface area (Å²) in [6, 6.07) is 9.29. The van der Waals surface area contributed by atoms with Crippen LogP contribution >= 0.6 is 0 Å². The summed E-state index contributed by atoms with van der Waals surface area (Å²) in [5, 5.41) is 2.88. The number of hydrogen-bond acceptors (Lipinski definition) is 7. The molecule has 0 fully saturated rings. The van der Waals surface area contributed by atoms with Crippen LogP contribution in [0.4, 0.5) is 11.4 Å². The second kappa shape index (κ2) is 14.5. The lowest BCUT2D eigenvalue weighted by Crippen LogP contribution is -2.27. The molecule has 1 amide bonds. The van der Waals surface area contributed by atoms with Crippen LogP contribution in [0.15, 0.2) is 82.3 Å². The number of nitrogens with one attached hydrogen (secondary N) is 1. The van der Waals surface area contributed by atoms with Crippen molar-refractivity contribution in [3.8, 4) is 0 Å². The molecule has 0 aliphatic carbocycles. The molecule has 260 valence electrons. The van der Waals surface area contributed by atoms with Gasteiger partial charge in [0.25, 0.3) is 20.2 Å². The molecule has 13 heteroatoms. The van der Waals surface area contributed by atoms with E-state index in [1.165, 1.54) is 24.3 Å². The summed E-state index contributed by atoms with van der Waals surface area (Å²) >= 11 is 0. The van der Waals surface area contributed by atoms with Crippen LogP contribution in [0.1, 0.15) is 70.9 Å². The average Bonchev–Trinajstić information content (AvgIpc) is 3.33. The summed E-state index contributed by atoms with van der Waals surface area (Å²) in [6.45, 7) is 9.81. The Bertz CT molecular complexity index is 1910. The van der Waals surface area contributed by atoms with Crippen LogP contribution in [0.25, 0.3) is 0 Å². The summed E-state index contributed by atoms with van der Waals surface area (Å²) in [7, 11) is -6.80. The second-order valence-electron chi connectivity index (χ2n) is 13.3. The van der Waals surface area contributed by atoms with E-state index in [1.54, 1.807) is 12.1 Å². The van der Waals surface area contributed by atoms with Gasteiger partial charge in [-0.15, -0.1) is 0 Å². The Morgan fingerprint density at radius 1 is 0.875 bits per heavy atom. The molecule has 0 spiro atoms. The Kier molecular flexibility index (Phi) is 11.2. The van der Waals surface area contributed by atoms with Crippen LogP contribution in [0.3, 0.4) is 0 Å². The minimum atomic E-state index is -4.38. The third-order valence-electron chi connectivity index (χ3n) is 9.18. The minimum Gasteiger partial charge on any atom is -0.356 e. The molecule has 48 heavy (non-hydrogen) atoms. The van der Waals surface area contributed by atoms with Crippen molar-refractivity contribution < 1.29 is 35.3 Å². The fraction of sp³-hybridized carbons (Fsp3) is 0.429. The molecule has 5 N–H and O–H groups in total. The summed E-state index contributed by atoms with van der Waals surface area (Å²) < 4.78 is 68.8. The SMILES string of the molecule is C[N+]1=C(C=CC=CC=C2N(CCCCCC(=O)NCCCN)c3ccc(S(=O)(=O)O)cc3C2(C)C)C(C)(C)c2cc(S(=O)(=O)O)ccc21. The van der Waals surface area contributed by atoms with E-state index in [-0.39, 0.29) is 15.7 Å².